The lowest BCUT2D eigenvalue weighted by Gasteiger charge is -2.28. The summed E-state index contributed by atoms with van der Waals surface area (Å²) in [5.41, 5.74) is 31.5. The molecule has 13 rings (SSSR count). The van der Waals surface area contributed by atoms with Gasteiger partial charge in [-0.05, 0) is 131 Å². The highest BCUT2D eigenvalue weighted by Gasteiger charge is 2.43. The van der Waals surface area contributed by atoms with Crippen molar-refractivity contribution >= 4 is 98.7 Å². The molecule has 0 radical (unpaired) electrons. The number of piperidine rings is 1. The molecule has 29 nitrogen and oxygen atoms in total. The number of aromatic nitrogens is 2. The molecular weight excluding hydrogens is 1360 g/mol. The number of carboxylic acids is 4. The number of carbonyl (C=O) groups is 11. The first kappa shape index (κ1) is 80.8. The lowest BCUT2D eigenvalue weighted by Crippen LogP contribution is -2.49. The number of para-hydroxylation sites is 4. The monoisotopic (exact) mass is 1460 g/mol. The second kappa shape index (κ2) is 37.2. The number of aliphatic carboxylic acids is 4. The Hall–Kier alpha value is -10.9. The molecule has 7 aliphatic rings. The molecule has 1 aromatic heterocycles. The zero-order chi connectivity index (χ0) is 77.2. The predicted molar refractivity (Wildman–Crippen MR) is 396 cm³/mol. The number of likely N-dealkylation sites (tertiary alicyclic amines) is 1. The number of benzene rings is 5. The Balaban J connectivity index is 0.000000162. The van der Waals surface area contributed by atoms with E-state index >= 15 is 0 Å². The van der Waals surface area contributed by atoms with Gasteiger partial charge in [0.15, 0.2) is 0 Å². The highest BCUT2D eigenvalue weighted by Crippen LogP contribution is 2.39. The first-order chi connectivity index (χ1) is 50.5. The number of hydrogen-bond acceptors (Lipinski definition) is 18. The van der Waals surface area contributed by atoms with Crippen molar-refractivity contribution in [2.24, 2.45) is 39.8 Å². The number of anilines is 3. The number of rotatable bonds is 14. The maximum atomic E-state index is 12.6. The Kier molecular flexibility index (Phi) is 28.4. The molecule has 6 aliphatic heterocycles. The third-order valence-electron chi connectivity index (χ3n) is 19.3. The van der Waals surface area contributed by atoms with Gasteiger partial charge in [-0.1, -0.05) is 117 Å². The molecule has 12 N–H and O–H groups in total. The van der Waals surface area contributed by atoms with Gasteiger partial charge in [0.2, 0.25) is 23.6 Å². The van der Waals surface area contributed by atoms with Gasteiger partial charge in [0, 0.05) is 61.4 Å². The second-order valence-corrected chi connectivity index (χ2v) is 27.3. The van der Waals surface area contributed by atoms with Gasteiger partial charge in [0.1, 0.15) is 43.3 Å². The van der Waals surface area contributed by atoms with Crippen LogP contribution in [0.4, 0.5) is 17.1 Å². The molecule has 4 unspecified atom stereocenters. The molecular formula is C77H94N12O17. The van der Waals surface area contributed by atoms with Gasteiger partial charge < -0.3 is 58.1 Å². The van der Waals surface area contributed by atoms with E-state index in [0.29, 0.717) is 61.3 Å². The molecule has 6 aromatic rings. The topological polar surface area (TPSA) is 445 Å². The van der Waals surface area contributed by atoms with Crippen molar-refractivity contribution in [1.29, 1.82) is 0 Å². The van der Waals surface area contributed by atoms with Gasteiger partial charge in [0.05, 0.1) is 53.5 Å². The Bertz CT molecular complexity index is 4450. The van der Waals surface area contributed by atoms with Crippen LogP contribution in [0.2, 0.25) is 0 Å². The molecule has 0 spiro atoms. The zero-order valence-corrected chi connectivity index (χ0v) is 60.1. The summed E-state index contributed by atoms with van der Waals surface area (Å²) < 4.78 is 2.03. The number of amides is 5. The van der Waals surface area contributed by atoms with Crippen LogP contribution in [0.25, 0.3) is 10.9 Å². The average molecular weight is 1460 g/mol. The number of Topliss-reactive ketones (excluding diaryl/α,β-unsaturated/α-hetero) is 2. The van der Waals surface area contributed by atoms with Gasteiger partial charge >= 0.3 is 29.6 Å². The Morgan fingerprint density at radius 2 is 1.07 bits per heavy atom. The minimum atomic E-state index is -1.15. The Morgan fingerprint density at radius 3 is 1.71 bits per heavy atom. The third-order valence-corrected chi connectivity index (χ3v) is 19.3. The Morgan fingerprint density at radius 1 is 0.500 bits per heavy atom. The summed E-state index contributed by atoms with van der Waals surface area (Å²) in [5, 5.41) is 36.1. The van der Waals surface area contributed by atoms with Crippen molar-refractivity contribution in [3.8, 4) is 0 Å². The quantitative estimate of drug-likeness (QED) is 0.0761. The SMILES string of the molecule is CC(=O)CN1C(=O)C(N)CCc2ccccc21.CC(=O)CN1Cc2ccccc2C[C@H](N)C1=O.CC1CCCN(CC(=O)O)C1=O.CC1N=C(C2CCCCC2)c2ccccc2N(CC(=O)O)C1=O.NCCn1c(=O)c2ccccc2n(CC(=O)O)c1=O.N[C@H]1CCc2cccc3c2N(C1=O)C(C(=O)O)C3. The van der Waals surface area contributed by atoms with Gasteiger partial charge in [-0.3, -0.25) is 76.7 Å². The first-order valence-corrected chi connectivity index (χ1v) is 35.5. The molecule has 564 valence electrons. The minimum absolute atomic E-state index is 0.00176. The summed E-state index contributed by atoms with van der Waals surface area (Å²) in [6, 6.07) is 32.2. The summed E-state index contributed by atoms with van der Waals surface area (Å²) >= 11 is 0. The third kappa shape index (κ3) is 20.1. The minimum Gasteiger partial charge on any atom is -0.480 e. The number of hydrogen-bond donors (Lipinski definition) is 8. The summed E-state index contributed by atoms with van der Waals surface area (Å²) in [4.78, 5) is 163. The van der Waals surface area contributed by atoms with Crippen LogP contribution in [-0.2, 0) is 98.1 Å². The van der Waals surface area contributed by atoms with E-state index in [1.807, 2.05) is 97.9 Å². The fraction of sp³-hybridized carbons (Fsp3) is 0.429. The number of ketones is 2. The second-order valence-electron chi connectivity index (χ2n) is 27.3. The van der Waals surface area contributed by atoms with Crippen LogP contribution < -0.4 is 48.9 Å². The largest absolute Gasteiger partial charge is 0.480 e. The van der Waals surface area contributed by atoms with Gasteiger partial charge in [-0.25, -0.2) is 9.59 Å². The highest BCUT2D eigenvalue weighted by atomic mass is 16.4. The number of carboxylic acid groups (broad SMARTS) is 4. The Labute approximate surface area is 612 Å². The maximum absolute atomic E-state index is 12.6. The predicted octanol–water partition coefficient (Wildman–Crippen LogP) is 4.08. The van der Waals surface area contributed by atoms with Crippen LogP contribution in [0.5, 0.6) is 0 Å². The molecule has 0 bridgehead atoms. The van der Waals surface area contributed by atoms with Crippen LogP contribution in [0.1, 0.15) is 119 Å². The molecule has 2 fully saturated rings. The van der Waals surface area contributed by atoms with Crippen molar-refractivity contribution in [3.05, 3.63) is 169 Å². The normalized spacial score (nSPS) is 20.2. The number of carbonyl (C=O) groups excluding carboxylic acids is 7. The van der Waals surface area contributed by atoms with E-state index in [2.05, 4.69) is 0 Å². The number of nitrogens with zero attached hydrogens (tertiary/aromatic N) is 8. The van der Waals surface area contributed by atoms with Crippen molar-refractivity contribution in [3.63, 3.8) is 0 Å². The average Bonchev–Trinajstić information content (AvgIpc) is 1.53. The molecule has 29 heteroatoms. The van der Waals surface area contributed by atoms with Crippen molar-refractivity contribution in [2.45, 2.75) is 161 Å². The van der Waals surface area contributed by atoms with Crippen LogP contribution in [0.3, 0.4) is 0 Å². The zero-order valence-electron chi connectivity index (χ0n) is 60.1. The van der Waals surface area contributed by atoms with E-state index in [1.165, 1.54) is 52.7 Å². The molecule has 5 aromatic carbocycles. The van der Waals surface area contributed by atoms with E-state index in [0.717, 1.165) is 98.1 Å². The van der Waals surface area contributed by atoms with E-state index in [9.17, 15) is 72.5 Å². The standard InChI is InChI=1S/C18H22N2O3.C13H14N2O3.2C13H16N2O2.C12H13N3O4.C8H13NO3/c1-12-18(23)20(11-16(21)22)15-10-6-5-9-14(15)17(19-12)13-7-3-2-4-8-13;14-9-5-4-7-2-1-3-8-6-10(13(17)18)15(11(7)8)12(9)16;1-9(16)7-15-8-11-5-3-2-4-10(11)6-12(14)13(15)17;1-9(16)8-15-12-5-3-2-4-10(12)6-7-11(14)13(15)17;13-5-6-14-11(18)8-3-1-2-4-9(8)15(12(14)19)7-10(16)17;1-6-3-2-4-9(8(6)12)5-7(10)11/h5-6,9-10,12-13H,2-4,7-8,11H2,1H3,(H,21,22);1-3,9-10H,4-6,14H2,(H,17,18);2-5,12H,6-8,14H2,1H3;2-5,11H,6-8,14H2,1H3;1-4H,5-7,13H2,(H,16,17);6H,2-5H2,1H3,(H,10,11)/t;9-,10?;12-;;;/m.00.../s1. The van der Waals surface area contributed by atoms with Crippen LogP contribution in [0, 0.1) is 11.8 Å². The smallest absolute Gasteiger partial charge is 0.332 e. The number of aliphatic imine (C=N–C) groups is 1. The van der Waals surface area contributed by atoms with E-state index in [1.54, 1.807) is 36.1 Å². The highest BCUT2D eigenvalue weighted by molar-refractivity contribution is 6.14. The van der Waals surface area contributed by atoms with Gasteiger partial charge in [-0.15, -0.1) is 0 Å². The lowest BCUT2D eigenvalue weighted by atomic mass is 9.82. The number of fused-ring (bicyclic) bond motifs is 4. The lowest BCUT2D eigenvalue weighted by molar-refractivity contribution is -0.147. The van der Waals surface area contributed by atoms with E-state index < -0.39 is 71.9 Å². The summed E-state index contributed by atoms with van der Waals surface area (Å²) in [7, 11) is 0. The summed E-state index contributed by atoms with van der Waals surface area (Å²) in [6.07, 6.45) is 11.2. The molecule has 106 heavy (non-hydrogen) atoms. The number of nitrogens with two attached hydrogens (primary N) is 4. The van der Waals surface area contributed by atoms with Crippen molar-refractivity contribution in [2.75, 3.05) is 54.0 Å². The molecule has 1 saturated carbocycles. The first-order valence-electron chi connectivity index (χ1n) is 35.5. The van der Waals surface area contributed by atoms with Crippen molar-refractivity contribution in [1.82, 2.24) is 18.9 Å². The van der Waals surface area contributed by atoms with E-state index in [4.69, 9.17) is 38.1 Å². The molecule has 6 atom stereocenters. The molecule has 7 heterocycles. The van der Waals surface area contributed by atoms with Crippen molar-refractivity contribution < 1.29 is 73.2 Å². The molecule has 1 aliphatic carbocycles. The van der Waals surface area contributed by atoms with Crippen LogP contribution in [-0.4, -0.2) is 180 Å². The van der Waals surface area contributed by atoms with Gasteiger partial charge in [0.25, 0.3) is 11.5 Å². The molecule has 5 amide bonds. The van der Waals surface area contributed by atoms with Gasteiger partial charge in [-0.2, -0.15) is 0 Å². The van der Waals surface area contributed by atoms with Crippen LogP contribution in [0.15, 0.2) is 130 Å². The van der Waals surface area contributed by atoms with Crippen LogP contribution >= 0.6 is 0 Å². The number of aryl methyl sites for hydroxylation is 2. The van der Waals surface area contributed by atoms with E-state index in [-0.39, 0.29) is 86.3 Å². The fourth-order valence-electron chi connectivity index (χ4n) is 14.2. The summed E-state index contributed by atoms with van der Waals surface area (Å²) in [5.74, 6) is -4.61. The molecule has 1 saturated heterocycles. The summed E-state index contributed by atoms with van der Waals surface area (Å²) in [6.45, 7) is 7.08. The maximum Gasteiger partial charge on any atom is 0.332 e. The number of benzodiazepines with no additional fused rings is 1. The fourth-order valence-corrected chi connectivity index (χ4v) is 14.2.